The third kappa shape index (κ3) is 6.42. The fourth-order valence-electron chi connectivity index (χ4n) is 2.96. The van der Waals surface area contributed by atoms with Crippen molar-refractivity contribution in [1.29, 1.82) is 0 Å². The van der Waals surface area contributed by atoms with Gasteiger partial charge in [-0.3, -0.25) is 19.7 Å². The molecule has 1 aliphatic rings. The second kappa shape index (κ2) is 10.9. The molecule has 32 heavy (non-hydrogen) atoms. The van der Waals surface area contributed by atoms with Gasteiger partial charge in [-0.25, -0.2) is 4.39 Å². The summed E-state index contributed by atoms with van der Waals surface area (Å²) in [5.41, 5.74) is 6.10. The minimum Gasteiger partial charge on any atom is -0.494 e. The maximum absolute atomic E-state index is 13.2. The van der Waals surface area contributed by atoms with E-state index in [0.717, 1.165) is 11.8 Å². The van der Waals surface area contributed by atoms with E-state index in [1.165, 1.54) is 18.2 Å². The van der Waals surface area contributed by atoms with E-state index in [1.54, 1.807) is 30.3 Å². The van der Waals surface area contributed by atoms with Crippen molar-refractivity contribution >= 4 is 35.2 Å². The van der Waals surface area contributed by atoms with Gasteiger partial charge in [0.05, 0.1) is 18.5 Å². The first-order chi connectivity index (χ1) is 15.4. The van der Waals surface area contributed by atoms with Gasteiger partial charge in [0.1, 0.15) is 23.1 Å². The van der Waals surface area contributed by atoms with Crippen molar-refractivity contribution in [3.63, 3.8) is 0 Å². The van der Waals surface area contributed by atoms with Gasteiger partial charge in [0.15, 0.2) is 0 Å². The topological polar surface area (TPSA) is 135 Å². The molecule has 3 amide bonds. The van der Waals surface area contributed by atoms with Gasteiger partial charge in [0.2, 0.25) is 11.8 Å². The maximum Gasteiger partial charge on any atom is 0.252 e. The van der Waals surface area contributed by atoms with Crippen LogP contribution < -0.4 is 31.7 Å². The summed E-state index contributed by atoms with van der Waals surface area (Å²) < 4.78 is 18.5. The second-order valence-electron chi connectivity index (χ2n) is 6.86. The van der Waals surface area contributed by atoms with Gasteiger partial charge in [-0.15, -0.1) is 11.8 Å². The Hall–Kier alpha value is -3.15. The van der Waals surface area contributed by atoms with Gasteiger partial charge in [-0.05, 0) is 49.4 Å². The molecular weight excluding hydrogens is 437 g/mol. The van der Waals surface area contributed by atoms with Crippen molar-refractivity contribution in [3.05, 3.63) is 59.9 Å². The summed E-state index contributed by atoms with van der Waals surface area (Å²) in [6.07, 6.45) is -0.862. The molecule has 1 heterocycles. The van der Waals surface area contributed by atoms with Crippen LogP contribution in [0.3, 0.4) is 0 Å². The molecule has 0 aliphatic carbocycles. The number of nitrogens with two attached hydrogens (primary N) is 1. The van der Waals surface area contributed by atoms with Crippen molar-refractivity contribution in [2.24, 2.45) is 5.73 Å². The Morgan fingerprint density at radius 2 is 1.97 bits per heavy atom. The molecule has 3 unspecified atom stereocenters. The quantitative estimate of drug-likeness (QED) is 0.396. The number of halogens is 1. The number of carbonyl (C=O) groups is 3. The standard InChI is InChI=1S/C21H24FN5O4S/c1-2-31-15-8-6-12(7-9-15)19(29)25-17-18(23)26-21(27-20(17)30)32-11-16(28)24-14-5-3-4-13(22)10-14/h3-10,17-18,21,26H,2,11,23H2,1H3,(H,24,28)(H,25,29)(H,27,30). The smallest absolute Gasteiger partial charge is 0.252 e. The minimum absolute atomic E-state index is 0.00954. The Bertz CT molecular complexity index is 975. The molecule has 1 saturated heterocycles. The molecule has 2 aromatic rings. The van der Waals surface area contributed by atoms with E-state index in [-0.39, 0.29) is 11.7 Å². The first-order valence-electron chi connectivity index (χ1n) is 9.88. The lowest BCUT2D eigenvalue weighted by Crippen LogP contribution is -2.70. The van der Waals surface area contributed by atoms with E-state index >= 15 is 0 Å². The van der Waals surface area contributed by atoms with Crippen LogP contribution in [0.4, 0.5) is 10.1 Å². The summed E-state index contributed by atoms with van der Waals surface area (Å²) in [5.74, 6) is -1.12. The minimum atomic E-state index is -0.993. The zero-order valence-corrected chi connectivity index (χ0v) is 18.1. The van der Waals surface area contributed by atoms with Crippen LogP contribution in [0.25, 0.3) is 0 Å². The third-order valence-electron chi connectivity index (χ3n) is 4.46. The third-order valence-corrected chi connectivity index (χ3v) is 5.48. The van der Waals surface area contributed by atoms with Crippen LogP contribution in [-0.4, -0.2) is 47.8 Å². The van der Waals surface area contributed by atoms with Crippen molar-refractivity contribution in [1.82, 2.24) is 16.0 Å². The highest BCUT2D eigenvalue weighted by atomic mass is 32.2. The fraction of sp³-hybridized carbons (Fsp3) is 0.286. The maximum atomic E-state index is 13.2. The summed E-state index contributed by atoms with van der Waals surface area (Å²) >= 11 is 1.10. The lowest BCUT2D eigenvalue weighted by molar-refractivity contribution is -0.125. The molecule has 9 nitrogen and oxygen atoms in total. The zero-order valence-electron chi connectivity index (χ0n) is 17.3. The summed E-state index contributed by atoms with van der Waals surface area (Å²) in [6, 6.07) is 11.1. The molecule has 1 fully saturated rings. The van der Waals surface area contributed by atoms with Gasteiger partial charge < -0.3 is 26.4 Å². The highest BCUT2D eigenvalue weighted by Gasteiger charge is 2.35. The number of hydrogen-bond donors (Lipinski definition) is 5. The van der Waals surface area contributed by atoms with Gasteiger partial charge in [-0.2, -0.15) is 0 Å². The Kier molecular flexibility index (Phi) is 8.03. The highest BCUT2D eigenvalue weighted by molar-refractivity contribution is 8.00. The predicted molar refractivity (Wildman–Crippen MR) is 119 cm³/mol. The predicted octanol–water partition coefficient (Wildman–Crippen LogP) is 0.983. The number of hydrogen-bond acceptors (Lipinski definition) is 7. The Morgan fingerprint density at radius 1 is 1.22 bits per heavy atom. The Labute approximate surface area is 188 Å². The molecule has 0 saturated carbocycles. The SMILES string of the molecule is CCOc1ccc(C(=O)NC2C(=O)NC(SCC(=O)Nc3cccc(F)c3)NC2N)cc1. The van der Waals surface area contributed by atoms with Crippen LogP contribution in [0, 0.1) is 5.82 Å². The molecule has 170 valence electrons. The van der Waals surface area contributed by atoms with E-state index in [9.17, 15) is 18.8 Å². The Balaban J connectivity index is 1.48. The number of nitrogens with one attached hydrogen (secondary N) is 4. The molecule has 3 atom stereocenters. The van der Waals surface area contributed by atoms with Crippen LogP contribution in [0.2, 0.25) is 0 Å². The fourth-order valence-corrected chi connectivity index (χ4v) is 3.80. The summed E-state index contributed by atoms with van der Waals surface area (Å²) in [5, 5.41) is 10.8. The van der Waals surface area contributed by atoms with Crippen LogP contribution in [0.15, 0.2) is 48.5 Å². The van der Waals surface area contributed by atoms with E-state index in [4.69, 9.17) is 10.5 Å². The second-order valence-corrected chi connectivity index (χ2v) is 7.95. The largest absolute Gasteiger partial charge is 0.494 e. The molecule has 2 aromatic carbocycles. The monoisotopic (exact) mass is 461 g/mol. The molecule has 0 aromatic heterocycles. The molecule has 3 rings (SSSR count). The van der Waals surface area contributed by atoms with Gasteiger partial charge in [-0.1, -0.05) is 6.07 Å². The number of anilines is 1. The van der Waals surface area contributed by atoms with Gasteiger partial charge in [0, 0.05) is 11.3 Å². The van der Waals surface area contributed by atoms with Crippen LogP contribution in [0.1, 0.15) is 17.3 Å². The van der Waals surface area contributed by atoms with Crippen molar-refractivity contribution in [3.8, 4) is 5.75 Å². The molecule has 0 spiro atoms. The Morgan fingerprint density at radius 3 is 2.62 bits per heavy atom. The van der Waals surface area contributed by atoms with Crippen molar-refractivity contribution in [2.45, 2.75) is 24.6 Å². The number of ether oxygens (including phenoxy) is 1. The van der Waals surface area contributed by atoms with Gasteiger partial charge in [0.25, 0.3) is 5.91 Å². The number of benzene rings is 2. The average Bonchev–Trinajstić information content (AvgIpc) is 2.75. The first kappa shape index (κ1) is 23.5. The summed E-state index contributed by atoms with van der Waals surface area (Å²) in [7, 11) is 0. The molecular formula is C21H24FN5O4S. The number of rotatable bonds is 8. The lowest BCUT2D eigenvalue weighted by atomic mass is 10.1. The van der Waals surface area contributed by atoms with E-state index < -0.39 is 35.3 Å². The summed E-state index contributed by atoms with van der Waals surface area (Å²) in [6.45, 7) is 2.37. The van der Waals surface area contributed by atoms with Crippen LogP contribution >= 0.6 is 11.8 Å². The lowest BCUT2D eigenvalue weighted by Gasteiger charge is -2.35. The molecule has 6 N–H and O–H groups in total. The highest BCUT2D eigenvalue weighted by Crippen LogP contribution is 2.15. The zero-order chi connectivity index (χ0) is 23.1. The van der Waals surface area contributed by atoms with Crippen molar-refractivity contribution in [2.75, 3.05) is 17.7 Å². The number of thioether (sulfide) groups is 1. The molecule has 0 radical (unpaired) electrons. The normalized spacial score (nSPS) is 20.2. The van der Waals surface area contributed by atoms with Crippen molar-refractivity contribution < 1.29 is 23.5 Å². The summed E-state index contributed by atoms with van der Waals surface area (Å²) in [4.78, 5) is 37.0. The molecule has 0 bridgehead atoms. The number of carbonyl (C=O) groups excluding carboxylic acids is 3. The number of amides is 3. The first-order valence-corrected chi connectivity index (χ1v) is 10.9. The van der Waals surface area contributed by atoms with Crippen LogP contribution in [-0.2, 0) is 9.59 Å². The van der Waals surface area contributed by atoms with E-state index in [1.807, 2.05) is 6.92 Å². The molecule has 11 heteroatoms. The van der Waals surface area contributed by atoms with E-state index in [2.05, 4.69) is 21.3 Å². The van der Waals surface area contributed by atoms with Gasteiger partial charge >= 0.3 is 0 Å². The van der Waals surface area contributed by atoms with E-state index in [0.29, 0.717) is 23.6 Å². The average molecular weight is 462 g/mol. The van der Waals surface area contributed by atoms with Crippen LogP contribution in [0.5, 0.6) is 5.75 Å². The molecule has 1 aliphatic heterocycles.